The van der Waals surface area contributed by atoms with E-state index < -0.39 is 0 Å². The van der Waals surface area contributed by atoms with Gasteiger partial charge >= 0.3 is 0 Å². The maximum absolute atomic E-state index is 3.65. The van der Waals surface area contributed by atoms with Gasteiger partial charge in [-0.2, -0.15) is 0 Å². The largest absolute Gasteiger partial charge is 0.314 e. The van der Waals surface area contributed by atoms with E-state index in [2.05, 4.69) is 33.0 Å². The molecule has 1 N–H and O–H groups in total. The van der Waals surface area contributed by atoms with Crippen molar-refractivity contribution in [1.29, 1.82) is 0 Å². The van der Waals surface area contributed by atoms with Gasteiger partial charge in [-0.15, -0.1) is 0 Å². The molecule has 0 amide bonds. The van der Waals surface area contributed by atoms with Crippen LogP contribution >= 0.6 is 0 Å². The van der Waals surface area contributed by atoms with E-state index in [0.717, 1.165) is 18.5 Å². The van der Waals surface area contributed by atoms with Gasteiger partial charge in [-0.05, 0) is 50.0 Å². The Hall–Kier alpha value is -0.0400. The second-order valence-electron chi connectivity index (χ2n) is 5.78. The standard InChI is InChI=1S/C14H29N/c1-5-9-14(4)10-7-12(3)13(8-11-14)15-6-2/h12-13,15H,5-11H2,1-4H3. The van der Waals surface area contributed by atoms with Crippen LogP contribution in [0.2, 0.25) is 0 Å². The summed E-state index contributed by atoms with van der Waals surface area (Å²) >= 11 is 0. The summed E-state index contributed by atoms with van der Waals surface area (Å²) in [5, 5.41) is 3.65. The van der Waals surface area contributed by atoms with E-state index in [9.17, 15) is 0 Å². The minimum atomic E-state index is 0.632. The summed E-state index contributed by atoms with van der Waals surface area (Å²) in [6, 6.07) is 0.772. The van der Waals surface area contributed by atoms with Gasteiger partial charge in [0.05, 0.1) is 0 Å². The maximum atomic E-state index is 3.65. The quantitative estimate of drug-likeness (QED) is 0.694. The fraction of sp³-hybridized carbons (Fsp3) is 1.00. The molecule has 3 atom stereocenters. The van der Waals surface area contributed by atoms with E-state index in [1.54, 1.807) is 0 Å². The van der Waals surface area contributed by atoms with Crippen molar-refractivity contribution in [1.82, 2.24) is 5.32 Å². The summed E-state index contributed by atoms with van der Waals surface area (Å²) in [4.78, 5) is 0. The van der Waals surface area contributed by atoms with Crippen LogP contribution in [0, 0.1) is 11.3 Å². The predicted molar refractivity (Wildman–Crippen MR) is 68.1 cm³/mol. The molecule has 0 aliphatic heterocycles. The van der Waals surface area contributed by atoms with Crippen LogP contribution in [0.1, 0.15) is 66.2 Å². The molecule has 0 aromatic carbocycles. The topological polar surface area (TPSA) is 12.0 Å². The Morgan fingerprint density at radius 1 is 1.20 bits per heavy atom. The zero-order valence-electron chi connectivity index (χ0n) is 11.1. The molecule has 1 rings (SSSR count). The lowest BCUT2D eigenvalue weighted by Crippen LogP contribution is -2.34. The van der Waals surface area contributed by atoms with Crippen LogP contribution in [0.15, 0.2) is 0 Å². The van der Waals surface area contributed by atoms with Gasteiger partial charge in [-0.1, -0.05) is 34.1 Å². The van der Waals surface area contributed by atoms with E-state index in [1.807, 2.05) is 0 Å². The normalized spacial score (nSPS) is 37.6. The summed E-state index contributed by atoms with van der Waals surface area (Å²) in [6.45, 7) is 10.6. The van der Waals surface area contributed by atoms with Crippen LogP contribution < -0.4 is 5.32 Å². The summed E-state index contributed by atoms with van der Waals surface area (Å²) in [5.74, 6) is 0.864. The maximum Gasteiger partial charge on any atom is 0.00927 e. The molecule has 1 heteroatoms. The highest BCUT2D eigenvalue weighted by atomic mass is 14.9. The van der Waals surface area contributed by atoms with Crippen LogP contribution in [-0.4, -0.2) is 12.6 Å². The highest BCUT2D eigenvalue weighted by Gasteiger charge is 2.30. The highest BCUT2D eigenvalue weighted by Crippen LogP contribution is 2.40. The first-order valence-electron chi connectivity index (χ1n) is 6.84. The van der Waals surface area contributed by atoms with E-state index in [-0.39, 0.29) is 0 Å². The van der Waals surface area contributed by atoms with Crippen molar-refractivity contribution < 1.29 is 0 Å². The van der Waals surface area contributed by atoms with Crippen molar-refractivity contribution in [2.24, 2.45) is 11.3 Å². The Labute approximate surface area is 96.0 Å². The van der Waals surface area contributed by atoms with E-state index in [1.165, 1.54) is 38.5 Å². The average molecular weight is 211 g/mol. The molecular weight excluding hydrogens is 182 g/mol. The van der Waals surface area contributed by atoms with Crippen LogP contribution in [0.3, 0.4) is 0 Å². The van der Waals surface area contributed by atoms with Crippen LogP contribution in [-0.2, 0) is 0 Å². The van der Waals surface area contributed by atoms with E-state index in [4.69, 9.17) is 0 Å². The van der Waals surface area contributed by atoms with Gasteiger partial charge < -0.3 is 5.32 Å². The fourth-order valence-corrected chi connectivity index (χ4v) is 3.11. The molecule has 0 aromatic heterocycles. The van der Waals surface area contributed by atoms with E-state index in [0.29, 0.717) is 5.41 Å². The minimum Gasteiger partial charge on any atom is -0.314 e. The predicted octanol–water partition coefficient (Wildman–Crippen LogP) is 3.98. The Balaban J connectivity index is 2.52. The summed E-state index contributed by atoms with van der Waals surface area (Å²) in [7, 11) is 0. The SMILES string of the molecule is CCCC1(C)CCC(C)C(NCC)CC1. The third-order valence-electron chi connectivity index (χ3n) is 4.27. The summed E-state index contributed by atoms with van der Waals surface area (Å²) in [6.07, 6.45) is 8.40. The van der Waals surface area contributed by atoms with Crippen LogP contribution in [0.4, 0.5) is 0 Å². The second kappa shape index (κ2) is 5.89. The number of nitrogens with one attached hydrogen (secondary N) is 1. The molecule has 0 radical (unpaired) electrons. The van der Waals surface area contributed by atoms with E-state index >= 15 is 0 Å². The molecule has 0 aromatic rings. The molecule has 1 aliphatic rings. The van der Waals surface area contributed by atoms with Crippen molar-refractivity contribution in [3.63, 3.8) is 0 Å². The van der Waals surface area contributed by atoms with Gasteiger partial charge in [-0.3, -0.25) is 0 Å². The average Bonchev–Trinajstić information content (AvgIpc) is 2.33. The number of rotatable bonds is 4. The van der Waals surface area contributed by atoms with Crippen molar-refractivity contribution in [2.75, 3.05) is 6.54 Å². The third-order valence-corrected chi connectivity index (χ3v) is 4.27. The summed E-state index contributed by atoms with van der Waals surface area (Å²) < 4.78 is 0. The second-order valence-corrected chi connectivity index (χ2v) is 5.78. The zero-order chi connectivity index (χ0) is 11.3. The van der Waals surface area contributed by atoms with Gasteiger partial charge in [0.25, 0.3) is 0 Å². The lowest BCUT2D eigenvalue weighted by atomic mass is 9.78. The van der Waals surface area contributed by atoms with Crippen molar-refractivity contribution >= 4 is 0 Å². The molecule has 0 saturated heterocycles. The molecule has 3 unspecified atom stereocenters. The molecule has 1 saturated carbocycles. The molecule has 0 heterocycles. The third kappa shape index (κ3) is 3.79. The van der Waals surface area contributed by atoms with Crippen molar-refractivity contribution in [3.8, 4) is 0 Å². The number of hydrogen-bond donors (Lipinski definition) is 1. The lowest BCUT2D eigenvalue weighted by Gasteiger charge is -2.27. The Morgan fingerprint density at radius 3 is 2.47 bits per heavy atom. The van der Waals surface area contributed by atoms with Crippen LogP contribution in [0.25, 0.3) is 0 Å². The van der Waals surface area contributed by atoms with Crippen molar-refractivity contribution in [2.45, 2.75) is 72.3 Å². The smallest absolute Gasteiger partial charge is 0.00927 e. The Bertz CT molecular complexity index is 178. The molecule has 90 valence electrons. The minimum absolute atomic E-state index is 0.632. The molecule has 0 bridgehead atoms. The summed E-state index contributed by atoms with van der Waals surface area (Å²) in [5.41, 5.74) is 0.632. The monoisotopic (exact) mass is 211 g/mol. The van der Waals surface area contributed by atoms with Gasteiger partial charge in [0.1, 0.15) is 0 Å². The molecule has 1 fully saturated rings. The Kier molecular flexibility index (Phi) is 5.11. The van der Waals surface area contributed by atoms with Gasteiger partial charge in [0.2, 0.25) is 0 Å². The van der Waals surface area contributed by atoms with Crippen LogP contribution in [0.5, 0.6) is 0 Å². The molecular formula is C14H29N. The zero-order valence-corrected chi connectivity index (χ0v) is 11.1. The highest BCUT2D eigenvalue weighted by molar-refractivity contribution is 4.85. The molecule has 0 spiro atoms. The molecule has 1 nitrogen and oxygen atoms in total. The van der Waals surface area contributed by atoms with Gasteiger partial charge in [0, 0.05) is 6.04 Å². The first-order valence-corrected chi connectivity index (χ1v) is 6.84. The molecule has 15 heavy (non-hydrogen) atoms. The van der Waals surface area contributed by atoms with Gasteiger partial charge in [0.15, 0.2) is 0 Å². The van der Waals surface area contributed by atoms with Crippen molar-refractivity contribution in [3.05, 3.63) is 0 Å². The number of hydrogen-bond acceptors (Lipinski definition) is 1. The lowest BCUT2D eigenvalue weighted by molar-refractivity contribution is 0.248. The first-order chi connectivity index (χ1) is 7.11. The fourth-order valence-electron chi connectivity index (χ4n) is 3.11. The van der Waals surface area contributed by atoms with Gasteiger partial charge in [-0.25, -0.2) is 0 Å². The Morgan fingerprint density at radius 2 is 1.87 bits per heavy atom. The first kappa shape index (κ1) is 13.0. The molecule has 1 aliphatic carbocycles.